The molecule has 3 aliphatic heterocycles. The van der Waals surface area contributed by atoms with Gasteiger partial charge in [-0.25, -0.2) is 19.7 Å². The summed E-state index contributed by atoms with van der Waals surface area (Å²) in [5.74, 6) is -2.16. The highest BCUT2D eigenvalue weighted by atomic mass is 32.2. The van der Waals surface area contributed by atoms with Crippen LogP contribution in [0.15, 0.2) is 26.5 Å². The lowest BCUT2D eigenvalue weighted by atomic mass is 10.0. The number of anilines is 1. The molecule has 4 heterocycles. The molecule has 0 bridgehead atoms. The smallest absolute Gasteiger partial charge is 0.353 e. The Morgan fingerprint density at radius 1 is 1.39 bits per heavy atom. The van der Waals surface area contributed by atoms with Crippen molar-refractivity contribution < 1.29 is 28.7 Å². The number of aromatic nitrogens is 2. The van der Waals surface area contributed by atoms with Crippen molar-refractivity contribution in [2.45, 2.75) is 18.3 Å². The molecule has 3 aliphatic rings. The Morgan fingerprint density at radius 2 is 2.18 bits per heavy atom. The van der Waals surface area contributed by atoms with Crippen LogP contribution in [-0.2, 0) is 19.2 Å². The van der Waals surface area contributed by atoms with E-state index in [-0.39, 0.29) is 22.4 Å². The monoisotopic (exact) mass is 569 g/mol. The van der Waals surface area contributed by atoms with E-state index in [0.29, 0.717) is 18.1 Å². The predicted octanol–water partition coefficient (Wildman–Crippen LogP) is -1.38. The van der Waals surface area contributed by atoms with Gasteiger partial charge in [-0.1, -0.05) is 5.16 Å². The lowest BCUT2D eigenvalue weighted by molar-refractivity contribution is -0.150. The van der Waals surface area contributed by atoms with Crippen LogP contribution in [0.1, 0.15) is 12.7 Å². The number of aliphatic carboxylic acids is 1. The number of alkyl halides is 1. The number of rotatable bonds is 10. The maximum Gasteiger partial charge on any atom is 0.353 e. The molecule has 2 saturated heterocycles. The number of hydrazine groups is 1. The molecular formula is C19H24FN11O5S2. The highest BCUT2D eigenvalue weighted by molar-refractivity contribution is 8.00. The number of hydrogen-bond acceptors (Lipinski definition) is 13. The van der Waals surface area contributed by atoms with E-state index in [9.17, 15) is 23.9 Å². The van der Waals surface area contributed by atoms with E-state index in [1.165, 1.54) is 18.0 Å². The molecule has 2 unspecified atom stereocenters. The number of nitrogens with zero attached hydrogens (tertiary/aromatic N) is 8. The third-order valence-corrected chi connectivity index (χ3v) is 7.50. The van der Waals surface area contributed by atoms with E-state index < -0.39 is 41.8 Å². The van der Waals surface area contributed by atoms with E-state index in [1.807, 2.05) is 6.92 Å². The second-order valence-corrected chi connectivity index (χ2v) is 9.68. The van der Waals surface area contributed by atoms with Crippen LogP contribution in [0.5, 0.6) is 0 Å². The van der Waals surface area contributed by atoms with Gasteiger partial charge in [0.15, 0.2) is 5.13 Å². The van der Waals surface area contributed by atoms with Crippen molar-refractivity contribution in [1.29, 1.82) is 0 Å². The van der Waals surface area contributed by atoms with Crippen LogP contribution < -0.4 is 16.6 Å². The van der Waals surface area contributed by atoms with Gasteiger partial charge in [0.25, 0.3) is 18.7 Å². The highest BCUT2D eigenvalue weighted by Gasteiger charge is 2.54. The number of β-lactam (4-membered cyclic amide) rings is 1. The van der Waals surface area contributed by atoms with Crippen molar-refractivity contribution in [3.63, 3.8) is 0 Å². The molecule has 0 saturated carbocycles. The Balaban J connectivity index is 1.46. The lowest BCUT2D eigenvalue weighted by Crippen LogP contribution is -2.71. The molecule has 2 fully saturated rings. The normalized spacial score (nSPS) is 22.7. The van der Waals surface area contributed by atoms with Crippen molar-refractivity contribution in [2.75, 3.05) is 45.0 Å². The van der Waals surface area contributed by atoms with Crippen LogP contribution in [0.4, 0.5) is 9.52 Å². The van der Waals surface area contributed by atoms with Crippen LogP contribution in [0.2, 0.25) is 0 Å². The highest BCUT2D eigenvalue weighted by Crippen LogP contribution is 2.39. The van der Waals surface area contributed by atoms with E-state index in [1.54, 1.807) is 12.1 Å². The maximum atomic E-state index is 12.9. The Kier molecular flexibility index (Phi) is 8.25. The van der Waals surface area contributed by atoms with Crippen LogP contribution in [0.25, 0.3) is 0 Å². The number of nitrogens with two attached hydrogens (primary N) is 1. The van der Waals surface area contributed by atoms with Gasteiger partial charge in [-0.15, -0.1) is 11.8 Å². The van der Waals surface area contributed by atoms with Crippen LogP contribution in [0, 0.1) is 0 Å². The molecule has 1 aromatic rings. The molecular weight excluding hydrogens is 545 g/mol. The number of hydrazone groups is 1. The molecule has 38 heavy (non-hydrogen) atoms. The number of carbonyl (C=O) groups excluding carboxylic acids is 2. The maximum absolute atomic E-state index is 12.9. The topological polar surface area (TPSA) is 203 Å². The molecule has 19 heteroatoms. The largest absolute Gasteiger partial charge is 0.477 e. The number of fused-ring (bicyclic) bond motifs is 1. The van der Waals surface area contributed by atoms with Crippen molar-refractivity contribution in [3.8, 4) is 0 Å². The summed E-state index contributed by atoms with van der Waals surface area (Å²) in [6, 6.07) is -1.07. The number of nitrogen functional groups attached to an aromatic ring is 1. The number of thioether (sulfide) groups is 1. The zero-order chi connectivity index (χ0) is 27.4. The first-order valence-corrected chi connectivity index (χ1v) is 13.0. The first kappa shape index (κ1) is 27.0. The number of aliphatic imine (C=N–C) groups is 1. The van der Waals surface area contributed by atoms with Gasteiger partial charge in [-0.05, 0) is 6.92 Å². The van der Waals surface area contributed by atoms with Crippen LogP contribution in [-0.4, -0.2) is 116 Å². The molecule has 0 spiro atoms. The standard InChI is InChI=1S/C19H24FN11O5S2/c1-3-29-4-5-30(19(29)22-2)28-23-6-9-7-37-16-11(15(33)31(16)12(9)17(34)35)24-14(32)10(26-36-8-20)13-25-18(21)38-27-13/h6,11,16,28H,3-5,7-8H2,1-2H3,(H,24,32)(H,34,35)(H2,21,25,27). The van der Waals surface area contributed by atoms with Crippen molar-refractivity contribution in [1.82, 2.24) is 35.0 Å². The SMILES string of the molecule is CCN1CCN(NN=CC2=C(C(=O)O)N3C(=O)C(NC(=O)C(=NOCF)c4nsc(N)n4)C3SC2)C1=NC. The second-order valence-electron chi connectivity index (χ2n) is 7.79. The first-order valence-electron chi connectivity index (χ1n) is 11.2. The molecule has 2 atom stereocenters. The second kappa shape index (κ2) is 11.6. The average Bonchev–Trinajstić information content (AvgIpc) is 3.52. The Bertz CT molecular complexity index is 1240. The fraction of sp³-hybridized carbons (Fsp3) is 0.474. The summed E-state index contributed by atoms with van der Waals surface area (Å²) in [7, 11) is 1.67. The van der Waals surface area contributed by atoms with E-state index in [2.05, 4.69) is 45.2 Å². The number of carboxylic acids is 1. The summed E-state index contributed by atoms with van der Waals surface area (Å²) in [6.07, 6.45) is 1.35. The molecule has 0 aromatic carbocycles. The number of likely N-dealkylation sites (N-methyl/N-ethyl adjacent to an activating group) is 1. The number of amides is 2. The summed E-state index contributed by atoms with van der Waals surface area (Å²) < 4.78 is 16.3. The summed E-state index contributed by atoms with van der Waals surface area (Å²) in [5.41, 5.74) is 7.99. The minimum atomic E-state index is -1.32. The van der Waals surface area contributed by atoms with Gasteiger partial charge in [0.05, 0.1) is 12.8 Å². The average molecular weight is 570 g/mol. The molecule has 4 rings (SSSR count). The Hall–Kier alpha value is -4.00. The number of guanidine groups is 1. The Morgan fingerprint density at radius 3 is 2.82 bits per heavy atom. The molecule has 204 valence electrons. The van der Waals surface area contributed by atoms with Gasteiger partial charge < -0.3 is 25.9 Å². The van der Waals surface area contributed by atoms with Crippen molar-refractivity contribution in [3.05, 3.63) is 17.1 Å². The number of oxime groups is 1. The third-order valence-electron chi connectivity index (χ3n) is 5.66. The Labute approximate surface area is 223 Å². The number of halogens is 1. The van der Waals surface area contributed by atoms with E-state index in [0.717, 1.165) is 29.5 Å². The lowest BCUT2D eigenvalue weighted by Gasteiger charge is -2.49. The summed E-state index contributed by atoms with van der Waals surface area (Å²) >= 11 is 2.03. The quantitative estimate of drug-likeness (QED) is 0.146. The van der Waals surface area contributed by atoms with Gasteiger partial charge in [-0.2, -0.15) is 14.5 Å². The van der Waals surface area contributed by atoms with Crippen LogP contribution >= 0.6 is 23.3 Å². The minimum Gasteiger partial charge on any atom is -0.477 e. The fourth-order valence-corrected chi connectivity index (χ4v) is 5.71. The summed E-state index contributed by atoms with van der Waals surface area (Å²) in [5, 5.41) is 20.9. The molecule has 1 aromatic heterocycles. The minimum absolute atomic E-state index is 0.0417. The molecule has 16 nitrogen and oxygen atoms in total. The summed E-state index contributed by atoms with van der Waals surface area (Å²) in [6.45, 7) is 2.88. The molecule has 2 amide bonds. The number of carboxylic acid groups (broad SMARTS) is 1. The predicted molar refractivity (Wildman–Crippen MR) is 137 cm³/mol. The van der Waals surface area contributed by atoms with E-state index >= 15 is 0 Å². The number of carbonyl (C=O) groups is 3. The van der Waals surface area contributed by atoms with Crippen molar-refractivity contribution >= 4 is 64.1 Å². The zero-order valence-corrected chi connectivity index (χ0v) is 21.8. The van der Waals surface area contributed by atoms with Gasteiger partial charge >= 0.3 is 5.97 Å². The summed E-state index contributed by atoms with van der Waals surface area (Å²) in [4.78, 5) is 53.4. The third kappa shape index (κ3) is 5.19. The number of nitrogens with one attached hydrogen (secondary N) is 2. The van der Waals surface area contributed by atoms with Gasteiger partial charge in [-0.3, -0.25) is 19.5 Å². The van der Waals surface area contributed by atoms with Crippen molar-refractivity contribution in [2.24, 2.45) is 15.2 Å². The van der Waals surface area contributed by atoms with E-state index in [4.69, 9.17) is 5.73 Å². The van der Waals surface area contributed by atoms with Gasteiger partial charge in [0.1, 0.15) is 17.1 Å². The zero-order valence-electron chi connectivity index (χ0n) is 20.2. The van der Waals surface area contributed by atoms with Gasteiger partial charge in [0.2, 0.25) is 17.5 Å². The first-order chi connectivity index (χ1) is 18.3. The molecule has 0 aliphatic carbocycles. The van der Waals surface area contributed by atoms with Gasteiger partial charge in [0, 0.05) is 43.0 Å². The molecule has 5 N–H and O–H groups in total. The fourth-order valence-electron chi connectivity index (χ4n) is 3.98. The van der Waals surface area contributed by atoms with Crippen LogP contribution in [0.3, 0.4) is 0 Å². The molecule has 0 radical (unpaired) electrons. The number of hydrogen-bond donors (Lipinski definition) is 4.